The fourth-order valence-electron chi connectivity index (χ4n) is 1.64. The third-order valence-electron chi connectivity index (χ3n) is 2.69. The molecule has 1 aromatic carbocycles. The van der Waals surface area contributed by atoms with Crippen LogP contribution in [0.1, 0.15) is 26.4 Å². The maximum Gasteiger partial charge on any atom is 0.336 e. The zero-order chi connectivity index (χ0) is 14.7. The molecule has 2 rings (SSSR count). The molecule has 2 aromatic rings. The lowest BCUT2D eigenvalue weighted by molar-refractivity contribution is 0.0695. The van der Waals surface area contributed by atoms with Crippen molar-refractivity contribution < 1.29 is 19.1 Å². The minimum absolute atomic E-state index is 0.0452. The van der Waals surface area contributed by atoms with Crippen LogP contribution in [0.2, 0.25) is 0 Å². The molecule has 5 nitrogen and oxygen atoms in total. The van der Waals surface area contributed by atoms with E-state index < -0.39 is 17.7 Å². The van der Waals surface area contributed by atoms with Gasteiger partial charge in [0.25, 0.3) is 5.91 Å². The molecule has 102 valence electrons. The van der Waals surface area contributed by atoms with E-state index in [9.17, 15) is 14.0 Å². The Bertz CT molecular complexity index is 669. The predicted molar refractivity (Wildman–Crippen MR) is 70.3 cm³/mol. The summed E-state index contributed by atoms with van der Waals surface area (Å²) in [6.07, 6.45) is 0.937. The number of carbonyl (C=O) groups is 2. The molecule has 0 spiro atoms. The topological polar surface area (TPSA) is 79.3 Å². The lowest BCUT2D eigenvalue weighted by Crippen LogP contribution is -2.14. The molecule has 0 fully saturated rings. The van der Waals surface area contributed by atoms with E-state index in [0.717, 1.165) is 12.3 Å². The van der Waals surface area contributed by atoms with Gasteiger partial charge in [0.1, 0.15) is 11.5 Å². The van der Waals surface area contributed by atoms with Crippen molar-refractivity contribution in [3.63, 3.8) is 0 Å². The monoisotopic (exact) mass is 274 g/mol. The molecule has 1 aromatic heterocycles. The fraction of sp³-hybridized carbons (Fsp3) is 0.0714. The van der Waals surface area contributed by atoms with Crippen LogP contribution in [0, 0.1) is 12.7 Å². The lowest BCUT2D eigenvalue weighted by Gasteiger charge is -2.07. The van der Waals surface area contributed by atoms with E-state index in [1.165, 1.54) is 12.1 Å². The molecule has 0 radical (unpaired) electrons. The molecule has 0 bridgehead atoms. The number of nitrogens with zero attached hydrogens (tertiary/aromatic N) is 1. The number of amides is 1. The van der Waals surface area contributed by atoms with Gasteiger partial charge in [0.15, 0.2) is 0 Å². The summed E-state index contributed by atoms with van der Waals surface area (Å²) >= 11 is 0. The van der Waals surface area contributed by atoms with Gasteiger partial charge in [-0.25, -0.2) is 14.2 Å². The van der Waals surface area contributed by atoms with E-state index in [2.05, 4.69) is 10.3 Å². The molecule has 2 N–H and O–H groups in total. The van der Waals surface area contributed by atoms with Crippen LogP contribution in [0.3, 0.4) is 0 Å². The van der Waals surface area contributed by atoms with Gasteiger partial charge >= 0.3 is 5.97 Å². The summed E-state index contributed by atoms with van der Waals surface area (Å²) in [5.41, 5.74) is 1.08. The molecule has 0 saturated heterocycles. The third kappa shape index (κ3) is 2.97. The Labute approximate surface area is 114 Å². The SMILES string of the molecule is Cc1ccc(NC(=O)c2ccc(F)cn2)cc1C(=O)O. The first-order valence-electron chi connectivity index (χ1n) is 5.74. The van der Waals surface area contributed by atoms with Gasteiger partial charge < -0.3 is 10.4 Å². The average molecular weight is 274 g/mol. The van der Waals surface area contributed by atoms with Gasteiger partial charge in [-0.05, 0) is 36.8 Å². The van der Waals surface area contributed by atoms with Gasteiger partial charge in [-0.3, -0.25) is 4.79 Å². The van der Waals surface area contributed by atoms with E-state index in [1.807, 2.05) is 0 Å². The number of halogens is 1. The van der Waals surface area contributed by atoms with Crippen molar-refractivity contribution in [2.45, 2.75) is 6.92 Å². The van der Waals surface area contributed by atoms with Crippen LogP contribution in [0.15, 0.2) is 36.5 Å². The van der Waals surface area contributed by atoms with Crippen molar-refractivity contribution in [1.82, 2.24) is 4.98 Å². The summed E-state index contributed by atoms with van der Waals surface area (Å²) in [7, 11) is 0. The number of hydrogen-bond donors (Lipinski definition) is 2. The second-order valence-electron chi connectivity index (χ2n) is 4.15. The van der Waals surface area contributed by atoms with Crippen LogP contribution in [0.25, 0.3) is 0 Å². The zero-order valence-corrected chi connectivity index (χ0v) is 10.6. The lowest BCUT2D eigenvalue weighted by atomic mass is 10.1. The largest absolute Gasteiger partial charge is 0.478 e. The van der Waals surface area contributed by atoms with Crippen molar-refractivity contribution in [2.75, 3.05) is 5.32 Å². The average Bonchev–Trinajstić information content (AvgIpc) is 2.41. The van der Waals surface area contributed by atoms with Gasteiger partial charge in [0.2, 0.25) is 0 Å². The predicted octanol–water partition coefficient (Wildman–Crippen LogP) is 2.48. The number of aromatic nitrogens is 1. The molecular formula is C14H11FN2O3. The molecule has 6 heteroatoms. The van der Waals surface area contributed by atoms with E-state index in [-0.39, 0.29) is 11.3 Å². The van der Waals surface area contributed by atoms with Crippen molar-refractivity contribution in [3.8, 4) is 0 Å². The molecule has 0 aliphatic heterocycles. The van der Waals surface area contributed by atoms with Crippen LogP contribution >= 0.6 is 0 Å². The number of hydrogen-bond acceptors (Lipinski definition) is 3. The third-order valence-corrected chi connectivity index (χ3v) is 2.69. The number of pyridine rings is 1. The highest BCUT2D eigenvalue weighted by Gasteiger charge is 2.11. The van der Waals surface area contributed by atoms with Crippen LogP contribution in [-0.2, 0) is 0 Å². The first-order chi connectivity index (χ1) is 9.47. The first kappa shape index (κ1) is 13.7. The quantitative estimate of drug-likeness (QED) is 0.901. The van der Waals surface area contributed by atoms with Gasteiger partial charge in [-0.15, -0.1) is 0 Å². The Morgan fingerprint density at radius 3 is 2.60 bits per heavy atom. The van der Waals surface area contributed by atoms with Crippen molar-refractivity contribution in [1.29, 1.82) is 0 Å². The molecular weight excluding hydrogens is 263 g/mol. The minimum Gasteiger partial charge on any atom is -0.478 e. The summed E-state index contributed by atoms with van der Waals surface area (Å²) in [6.45, 7) is 1.66. The molecule has 1 amide bonds. The normalized spacial score (nSPS) is 10.1. The van der Waals surface area contributed by atoms with Crippen LogP contribution in [0.4, 0.5) is 10.1 Å². The number of benzene rings is 1. The van der Waals surface area contributed by atoms with Crippen molar-refractivity contribution >= 4 is 17.6 Å². The van der Waals surface area contributed by atoms with Crippen molar-refractivity contribution in [2.24, 2.45) is 0 Å². The number of carbonyl (C=O) groups excluding carboxylic acids is 1. The molecule has 1 heterocycles. The minimum atomic E-state index is -1.07. The highest BCUT2D eigenvalue weighted by Crippen LogP contribution is 2.16. The Kier molecular flexibility index (Phi) is 3.74. The standard InChI is InChI=1S/C14H11FN2O3/c1-8-2-4-10(6-11(8)14(19)20)17-13(18)12-5-3-9(15)7-16-12/h2-7H,1H3,(H,17,18)(H,19,20). The fourth-order valence-corrected chi connectivity index (χ4v) is 1.64. The Balaban J connectivity index is 2.21. The second kappa shape index (κ2) is 5.48. The number of nitrogens with one attached hydrogen (secondary N) is 1. The maximum atomic E-state index is 12.7. The molecule has 0 unspecified atom stereocenters. The summed E-state index contributed by atoms with van der Waals surface area (Å²) in [5, 5.41) is 11.5. The molecule has 0 aliphatic rings. The Morgan fingerprint density at radius 1 is 1.25 bits per heavy atom. The number of rotatable bonds is 3. The number of carboxylic acids is 1. The second-order valence-corrected chi connectivity index (χ2v) is 4.15. The highest BCUT2D eigenvalue weighted by atomic mass is 19.1. The van der Waals surface area contributed by atoms with Crippen LogP contribution in [0.5, 0.6) is 0 Å². The van der Waals surface area contributed by atoms with E-state index >= 15 is 0 Å². The van der Waals surface area contributed by atoms with E-state index in [4.69, 9.17) is 5.11 Å². The number of aryl methyl sites for hydroxylation is 1. The Morgan fingerprint density at radius 2 is 2.00 bits per heavy atom. The summed E-state index contributed by atoms with van der Waals surface area (Å²) in [5.74, 6) is -2.14. The van der Waals surface area contributed by atoms with Crippen LogP contribution < -0.4 is 5.32 Å². The summed E-state index contributed by atoms with van der Waals surface area (Å²) < 4.78 is 12.7. The highest BCUT2D eigenvalue weighted by molar-refractivity contribution is 6.03. The summed E-state index contributed by atoms with van der Waals surface area (Å²) in [4.78, 5) is 26.5. The Hall–Kier alpha value is -2.76. The molecule has 20 heavy (non-hydrogen) atoms. The smallest absolute Gasteiger partial charge is 0.336 e. The first-order valence-corrected chi connectivity index (χ1v) is 5.74. The zero-order valence-electron chi connectivity index (χ0n) is 10.6. The van der Waals surface area contributed by atoms with Crippen molar-refractivity contribution in [3.05, 3.63) is 59.2 Å². The molecule has 0 aliphatic carbocycles. The number of aromatic carboxylic acids is 1. The van der Waals surface area contributed by atoms with Gasteiger partial charge in [0, 0.05) is 5.69 Å². The van der Waals surface area contributed by atoms with Gasteiger partial charge in [-0.2, -0.15) is 0 Å². The molecule has 0 atom stereocenters. The number of anilines is 1. The molecule has 0 saturated carbocycles. The van der Waals surface area contributed by atoms with E-state index in [1.54, 1.807) is 19.1 Å². The maximum absolute atomic E-state index is 12.7. The van der Waals surface area contributed by atoms with Crippen LogP contribution in [-0.4, -0.2) is 22.0 Å². The van der Waals surface area contributed by atoms with Gasteiger partial charge in [0.05, 0.1) is 11.8 Å². The van der Waals surface area contributed by atoms with E-state index in [0.29, 0.717) is 11.3 Å². The van der Waals surface area contributed by atoms with Gasteiger partial charge in [-0.1, -0.05) is 6.07 Å². The number of carboxylic acid groups (broad SMARTS) is 1. The summed E-state index contributed by atoms with van der Waals surface area (Å²) in [6, 6.07) is 6.91.